The van der Waals surface area contributed by atoms with Crippen molar-refractivity contribution < 1.29 is 0 Å². The van der Waals surface area contributed by atoms with E-state index in [2.05, 4.69) is 79.5 Å². The van der Waals surface area contributed by atoms with E-state index < -0.39 is 6.60 Å². The molecule has 6 heteroatoms. The molecule has 6 aromatic rings. The molecule has 0 radical (unpaired) electrons. The largest absolute Gasteiger partial charge is 0.147 e. The van der Waals surface area contributed by atoms with Crippen LogP contribution in [0.5, 0.6) is 0 Å². The summed E-state index contributed by atoms with van der Waals surface area (Å²) in [6.07, 6.45) is 0. The SMILES string of the molecule is CP(c1ccccc1)(c1ccccc1)(c1ccccc1)c1cc(=O)n2c(-c3ccccc3)csc2n1.Cl. The molecule has 2 heterocycles. The summed E-state index contributed by atoms with van der Waals surface area (Å²) in [6, 6.07) is 43.5. The van der Waals surface area contributed by atoms with E-state index in [4.69, 9.17) is 4.98 Å². The minimum Gasteiger partial charge on any atom is -0.147 e. The van der Waals surface area contributed by atoms with Gasteiger partial charge in [0, 0.05) is 0 Å². The number of thiazole rings is 1. The van der Waals surface area contributed by atoms with Crippen LogP contribution in [0.3, 0.4) is 0 Å². The summed E-state index contributed by atoms with van der Waals surface area (Å²) in [5, 5.41) is 5.56. The number of rotatable bonds is 5. The number of hydrogen-bond donors (Lipinski definition) is 0. The van der Waals surface area contributed by atoms with Crippen LogP contribution in [0.15, 0.2) is 138 Å². The molecule has 0 aliphatic carbocycles. The molecular formula is C31H26ClN2OPS. The van der Waals surface area contributed by atoms with Crippen LogP contribution in [0.2, 0.25) is 0 Å². The minimum absolute atomic E-state index is 0. The second-order valence-electron chi connectivity index (χ2n) is 9.13. The molecule has 0 amide bonds. The van der Waals surface area contributed by atoms with Crippen LogP contribution in [-0.4, -0.2) is 16.0 Å². The van der Waals surface area contributed by atoms with Crippen LogP contribution in [0.4, 0.5) is 0 Å². The first-order valence-electron chi connectivity index (χ1n) is 11.9. The molecule has 0 saturated carbocycles. The smallest absolute Gasteiger partial charge is 0.147 e. The van der Waals surface area contributed by atoms with Crippen LogP contribution in [-0.2, 0) is 0 Å². The molecule has 0 aliphatic heterocycles. The molecule has 0 unspecified atom stereocenters. The second kappa shape index (κ2) is 9.72. The predicted octanol–water partition coefficient (Wildman–Crippen LogP) is 5.63. The van der Waals surface area contributed by atoms with Gasteiger partial charge in [-0.05, 0) is 0 Å². The summed E-state index contributed by atoms with van der Waals surface area (Å²) in [6.45, 7) is -1.03. The molecular weight excluding hydrogens is 515 g/mol. The summed E-state index contributed by atoms with van der Waals surface area (Å²) in [7, 11) is 0. The van der Waals surface area contributed by atoms with E-state index in [0.29, 0.717) is 4.96 Å². The Morgan fingerprint density at radius 1 is 0.676 bits per heavy atom. The van der Waals surface area contributed by atoms with Crippen molar-refractivity contribution in [1.29, 1.82) is 0 Å². The molecule has 0 fully saturated rings. The van der Waals surface area contributed by atoms with Gasteiger partial charge in [0.1, 0.15) is 0 Å². The molecule has 0 bridgehead atoms. The normalized spacial score (nSPS) is 12.4. The van der Waals surface area contributed by atoms with E-state index in [1.807, 2.05) is 53.9 Å². The predicted molar refractivity (Wildman–Crippen MR) is 163 cm³/mol. The number of benzene rings is 4. The van der Waals surface area contributed by atoms with E-state index in [1.54, 1.807) is 10.5 Å². The van der Waals surface area contributed by atoms with Gasteiger partial charge in [0.15, 0.2) is 0 Å². The van der Waals surface area contributed by atoms with Gasteiger partial charge < -0.3 is 0 Å². The van der Waals surface area contributed by atoms with Gasteiger partial charge in [-0.1, -0.05) is 0 Å². The molecule has 4 aromatic carbocycles. The minimum atomic E-state index is -3.36. The van der Waals surface area contributed by atoms with Crippen molar-refractivity contribution in [2.24, 2.45) is 0 Å². The van der Waals surface area contributed by atoms with Crippen molar-refractivity contribution in [1.82, 2.24) is 9.38 Å². The van der Waals surface area contributed by atoms with Crippen LogP contribution >= 0.6 is 30.3 Å². The summed E-state index contributed by atoms with van der Waals surface area (Å²) in [5.74, 6) is 0. The van der Waals surface area contributed by atoms with Crippen LogP contribution < -0.4 is 26.9 Å². The standard InChI is InChI=1S/C31H25N2OPS.ClH/c1-35(25-16-8-3-9-17-25,26-18-10-4-11-19-26,27-20-12-5-13-21-27)29-22-30(34)33-28(23-36-31(33)32-29)24-14-6-2-7-15-24;/h2-23H,1H3;1H. The van der Waals surface area contributed by atoms with Crippen molar-refractivity contribution in [3.63, 3.8) is 0 Å². The first-order chi connectivity index (χ1) is 17.6. The summed E-state index contributed by atoms with van der Waals surface area (Å²) < 4.78 is 1.74. The second-order valence-corrected chi connectivity index (χ2v) is 15.1. The fourth-order valence-electron chi connectivity index (χ4n) is 5.25. The summed E-state index contributed by atoms with van der Waals surface area (Å²) in [5.41, 5.74) is 2.64. The number of nitrogens with zero attached hydrogens (tertiary/aromatic N) is 2. The van der Waals surface area contributed by atoms with Crippen molar-refractivity contribution in [3.05, 3.63) is 143 Å². The molecule has 0 atom stereocenters. The van der Waals surface area contributed by atoms with Gasteiger partial charge in [-0.3, -0.25) is 0 Å². The molecule has 0 saturated heterocycles. The van der Waals surface area contributed by atoms with Crippen LogP contribution in [0.1, 0.15) is 0 Å². The van der Waals surface area contributed by atoms with Crippen molar-refractivity contribution in [2.45, 2.75) is 0 Å². The Balaban J connectivity index is 0.00000280. The quantitative estimate of drug-likeness (QED) is 0.266. The fraction of sp³-hybridized carbons (Fsp3) is 0.0323. The number of aromatic nitrogens is 2. The van der Waals surface area contributed by atoms with Crippen molar-refractivity contribution in [3.8, 4) is 11.3 Å². The van der Waals surface area contributed by atoms with Gasteiger partial charge >= 0.3 is 215 Å². The Kier molecular flexibility index (Phi) is 6.59. The Bertz CT molecular complexity index is 1620. The first-order valence-corrected chi connectivity index (χ1v) is 15.4. The monoisotopic (exact) mass is 540 g/mol. The zero-order chi connectivity index (χ0) is 24.6. The Labute approximate surface area is 226 Å². The maximum atomic E-state index is 13.9. The molecule has 0 N–H and O–H groups in total. The van der Waals surface area contributed by atoms with Gasteiger partial charge in [0.05, 0.1) is 0 Å². The van der Waals surface area contributed by atoms with Gasteiger partial charge in [0.2, 0.25) is 0 Å². The first kappa shape index (κ1) is 25.1. The number of halogens is 1. The van der Waals surface area contributed by atoms with Gasteiger partial charge in [-0.2, -0.15) is 0 Å². The van der Waals surface area contributed by atoms with E-state index in [9.17, 15) is 4.79 Å². The molecule has 0 aliphatic rings. The molecule has 3 nitrogen and oxygen atoms in total. The van der Waals surface area contributed by atoms with Gasteiger partial charge in [-0.25, -0.2) is 0 Å². The molecule has 184 valence electrons. The number of fused-ring (bicyclic) bond motifs is 1. The van der Waals surface area contributed by atoms with E-state index >= 15 is 0 Å². The maximum absolute atomic E-state index is 13.9. The topological polar surface area (TPSA) is 34.4 Å². The Morgan fingerprint density at radius 2 is 1.11 bits per heavy atom. The maximum Gasteiger partial charge on any atom is -0.147 e. The van der Waals surface area contributed by atoms with Gasteiger partial charge in [-0.15, -0.1) is 12.4 Å². The molecule has 0 spiro atoms. The average molecular weight is 541 g/mol. The zero-order valence-corrected chi connectivity index (χ0v) is 22.8. The molecule has 6 rings (SSSR count). The van der Waals surface area contributed by atoms with Crippen LogP contribution in [0.25, 0.3) is 16.2 Å². The fourth-order valence-corrected chi connectivity index (χ4v) is 11.4. The van der Waals surface area contributed by atoms with E-state index in [1.165, 1.54) is 27.3 Å². The van der Waals surface area contributed by atoms with Crippen LogP contribution in [0, 0.1) is 0 Å². The van der Waals surface area contributed by atoms with E-state index in [-0.39, 0.29) is 18.0 Å². The molecule has 37 heavy (non-hydrogen) atoms. The zero-order valence-electron chi connectivity index (χ0n) is 20.3. The number of hydrogen-bond acceptors (Lipinski definition) is 3. The van der Waals surface area contributed by atoms with E-state index in [0.717, 1.165) is 16.7 Å². The Morgan fingerprint density at radius 3 is 1.57 bits per heavy atom. The Hall–Kier alpha value is -3.56. The summed E-state index contributed by atoms with van der Waals surface area (Å²) >= 11 is 1.51. The van der Waals surface area contributed by atoms with Gasteiger partial charge in [0.25, 0.3) is 0 Å². The third kappa shape index (κ3) is 3.76. The van der Waals surface area contributed by atoms with Crippen molar-refractivity contribution in [2.75, 3.05) is 6.66 Å². The average Bonchev–Trinajstić information content (AvgIpc) is 3.40. The van der Waals surface area contributed by atoms with Crippen molar-refractivity contribution >= 4 is 56.7 Å². The third-order valence-corrected chi connectivity index (χ3v) is 14.2. The third-order valence-electron chi connectivity index (χ3n) is 7.24. The summed E-state index contributed by atoms with van der Waals surface area (Å²) in [4.78, 5) is 19.9. The molecule has 2 aromatic heterocycles.